The van der Waals surface area contributed by atoms with E-state index in [1.54, 1.807) is 25.0 Å². The van der Waals surface area contributed by atoms with E-state index in [1.165, 1.54) is 11.3 Å². The summed E-state index contributed by atoms with van der Waals surface area (Å²) in [6.07, 6.45) is 5.33. The number of aliphatic hydroxyl groups is 1. The summed E-state index contributed by atoms with van der Waals surface area (Å²) in [5.41, 5.74) is 4.80. The van der Waals surface area contributed by atoms with Gasteiger partial charge in [0.15, 0.2) is 5.60 Å². The first-order chi connectivity index (χ1) is 12.5. The summed E-state index contributed by atoms with van der Waals surface area (Å²) in [5.74, 6) is 6.00. The Labute approximate surface area is 155 Å². The molecule has 6 heteroatoms. The third-order valence-electron chi connectivity index (χ3n) is 4.23. The van der Waals surface area contributed by atoms with Gasteiger partial charge in [0.25, 0.3) is 0 Å². The van der Waals surface area contributed by atoms with Gasteiger partial charge in [-0.05, 0) is 31.2 Å². The Morgan fingerprint density at radius 3 is 2.85 bits per heavy atom. The van der Waals surface area contributed by atoms with Gasteiger partial charge in [-0.3, -0.25) is 0 Å². The van der Waals surface area contributed by atoms with Crippen LogP contribution in [0.2, 0.25) is 0 Å². The lowest BCUT2D eigenvalue weighted by Crippen LogP contribution is -2.18. The molecule has 0 aliphatic carbocycles. The number of hydrogen-bond acceptors (Lipinski definition) is 5. The van der Waals surface area contributed by atoms with Crippen molar-refractivity contribution in [3.8, 4) is 23.1 Å². The van der Waals surface area contributed by atoms with Crippen LogP contribution in [0.25, 0.3) is 22.2 Å². The molecule has 0 aliphatic heterocycles. The van der Waals surface area contributed by atoms with E-state index >= 15 is 0 Å². The molecule has 26 heavy (non-hydrogen) atoms. The first-order valence-electron chi connectivity index (χ1n) is 8.04. The first-order valence-corrected chi connectivity index (χ1v) is 8.98. The number of hydrogen-bond donors (Lipinski definition) is 1. The van der Waals surface area contributed by atoms with Gasteiger partial charge < -0.3 is 9.67 Å². The Hall–Kier alpha value is -3.01. The SMILES string of the molecule is Cn1cc(-c2ccncn2)c2cc(C#CC(C)(O)c3cscn3)ccc21. The first kappa shape index (κ1) is 16.5. The quantitative estimate of drug-likeness (QED) is 0.557. The molecule has 1 aromatic carbocycles. The predicted molar refractivity (Wildman–Crippen MR) is 103 cm³/mol. The van der Waals surface area contributed by atoms with E-state index in [2.05, 4.69) is 37.6 Å². The zero-order valence-electron chi connectivity index (χ0n) is 14.3. The topological polar surface area (TPSA) is 63.8 Å². The standard InChI is InChI=1S/C20H16N4OS/c1-20(25,19-11-26-13-23-19)7-5-14-3-4-18-15(9-14)16(10-24(18)2)17-6-8-21-12-22-17/h3-4,6,8-13,25H,1-2H3. The highest BCUT2D eigenvalue weighted by molar-refractivity contribution is 7.07. The molecule has 0 spiro atoms. The van der Waals surface area contributed by atoms with Crippen LogP contribution in [0.15, 0.2) is 53.9 Å². The molecule has 5 nitrogen and oxygen atoms in total. The van der Waals surface area contributed by atoms with Crippen molar-refractivity contribution in [3.63, 3.8) is 0 Å². The summed E-state index contributed by atoms with van der Waals surface area (Å²) >= 11 is 1.44. The van der Waals surface area contributed by atoms with E-state index in [-0.39, 0.29) is 0 Å². The lowest BCUT2D eigenvalue weighted by atomic mass is 10.0. The van der Waals surface area contributed by atoms with E-state index in [1.807, 2.05) is 36.7 Å². The maximum atomic E-state index is 10.5. The Morgan fingerprint density at radius 1 is 1.23 bits per heavy atom. The molecule has 1 unspecified atom stereocenters. The van der Waals surface area contributed by atoms with Crippen LogP contribution in [0.1, 0.15) is 18.2 Å². The molecule has 3 heterocycles. The van der Waals surface area contributed by atoms with Crippen molar-refractivity contribution in [1.29, 1.82) is 0 Å². The number of rotatable bonds is 2. The van der Waals surface area contributed by atoms with Crippen molar-refractivity contribution in [3.05, 3.63) is 65.1 Å². The number of benzene rings is 1. The minimum atomic E-state index is -1.28. The van der Waals surface area contributed by atoms with Crippen molar-refractivity contribution in [1.82, 2.24) is 19.5 Å². The fraction of sp³-hybridized carbons (Fsp3) is 0.150. The van der Waals surface area contributed by atoms with Crippen molar-refractivity contribution < 1.29 is 5.11 Å². The van der Waals surface area contributed by atoms with Gasteiger partial charge in [-0.2, -0.15) is 0 Å². The molecule has 3 aromatic heterocycles. The summed E-state index contributed by atoms with van der Waals surface area (Å²) in [6, 6.07) is 7.90. The highest BCUT2D eigenvalue weighted by Gasteiger charge is 2.22. The summed E-state index contributed by atoms with van der Waals surface area (Å²) < 4.78 is 2.06. The smallest absolute Gasteiger partial charge is 0.166 e. The van der Waals surface area contributed by atoms with Gasteiger partial charge in [0.1, 0.15) is 6.33 Å². The third kappa shape index (κ3) is 2.99. The largest absolute Gasteiger partial charge is 0.372 e. The van der Waals surface area contributed by atoms with Gasteiger partial charge in [0, 0.05) is 46.9 Å². The number of aromatic nitrogens is 4. The van der Waals surface area contributed by atoms with Crippen molar-refractivity contribution in [2.45, 2.75) is 12.5 Å². The summed E-state index contributed by atoms with van der Waals surface area (Å²) in [5, 5.41) is 13.4. The zero-order valence-corrected chi connectivity index (χ0v) is 15.2. The van der Waals surface area contributed by atoms with Gasteiger partial charge in [0.2, 0.25) is 0 Å². The van der Waals surface area contributed by atoms with Crippen LogP contribution in [0, 0.1) is 11.8 Å². The predicted octanol–water partition coefficient (Wildman–Crippen LogP) is 3.35. The lowest BCUT2D eigenvalue weighted by molar-refractivity contribution is 0.118. The normalized spacial score (nSPS) is 13.2. The van der Waals surface area contributed by atoms with Crippen LogP contribution in [0.4, 0.5) is 0 Å². The summed E-state index contributed by atoms with van der Waals surface area (Å²) in [7, 11) is 2.01. The fourth-order valence-corrected chi connectivity index (χ4v) is 3.49. The molecule has 4 aromatic rings. The molecule has 1 N–H and O–H groups in total. The van der Waals surface area contributed by atoms with E-state index in [9.17, 15) is 5.11 Å². The van der Waals surface area contributed by atoms with Crippen LogP contribution in [0.3, 0.4) is 0 Å². The molecule has 0 bridgehead atoms. The van der Waals surface area contributed by atoms with Crippen LogP contribution in [-0.4, -0.2) is 24.6 Å². The molecule has 0 radical (unpaired) electrons. The van der Waals surface area contributed by atoms with E-state index in [4.69, 9.17) is 0 Å². The second-order valence-corrected chi connectivity index (χ2v) is 6.89. The van der Waals surface area contributed by atoms with E-state index in [0.717, 1.165) is 27.7 Å². The fourth-order valence-electron chi connectivity index (χ4n) is 2.83. The average Bonchev–Trinajstić information content (AvgIpc) is 3.30. The summed E-state index contributed by atoms with van der Waals surface area (Å²) in [6.45, 7) is 1.66. The number of nitrogens with zero attached hydrogens (tertiary/aromatic N) is 4. The molecule has 0 saturated carbocycles. The number of aryl methyl sites for hydroxylation is 1. The minimum Gasteiger partial charge on any atom is -0.372 e. The van der Waals surface area contributed by atoms with Gasteiger partial charge >= 0.3 is 0 Å². The molecule has 0 saturated heterocycles. The van der Waals surface area contributed by atoms with Gasteiger partial charge in [0.05, 0.1) is 16.9 Å². The van der Waals surface area contributed by atoms with Crippen molar-refractivity contribution >= 4 is 22.2 Å². The van der Waals surface area contributed by atoms with Crippen molar-refractivity contribution in [2.24, 2.45) is 7.05 Å². The van der Waals surface area contributed by atoms with Crippen molar-refractivity contribution in [2.75, 3.05) is 0 Å². The second-order valence-electron chi connectivity index (χ2n) is 6.18. The Balaban J connectivity index is 1.78. The zero-order chi connectivity index (χ0) is 18.1. The Bertz CT molecular complexity index is 1120. The maximum Gasteiger partial charge on any atom is 0.166 e. The Morgan fingerprint density at radius 2 is 2.12 bits per heavy atom. The monoisotopic (exact) mass is 360 g/mol. The lowest BCUT2D eigenvalue weighted by Gasteiger charge is -2.12. The highest BCUT2D eigenvalue weighted by atomic mass is 32.1. The molecular weight excluding hydrogens is 344 g/mol. The van der Waals surface area contributed by atoms with Crippen LogP contribution >= 0.6 is 11.3 Å². The molecule has 128 valence electrons. The van der Waals surface area contributed by atoms with Gasteiger partial charge in [-0.15, -0.1) is 11.3 Å². The van der Waals surface area contributed by atoms with Gasteiger partial charge in [-0.25, -0.2) is 15.0 Å². The Kier molecular flexibility index (Phi) is 4.03. The number of fused-ring (bicyclic) bond motifs is 1. The molecule has 0 aliphatic rings. The molecule has 0 fully saturated rings. The van der Waals surface area contributed by atoms with Crippen LogP contribution in [-0.2, 0) is 12.6 Å². The second kappa shape index (κ2) is 6.37. The highest BCUT2D eigenvalue weighted by Crippen LogP contribution is 2.29. The molecule has 4 rings (SSSR count). The minimum absolute atomic E-state index is 0.567. The van der Waals surface area contributed by atoms with Gasteiger partial charge in [-0.1, -0.05) is 11.8 Å². The van der Waals surface area contributed by atoms with Crippen LogP contribution in [0.5, 0.6) is 0 Å². The summed E-state index contributed by atoms with van der Waals surface area (Å²) in [4.78, 5) is 12.5. The molecular formula is C20H16N4OS. The van der Waals surface area contributed by atoms with E-state index < -0.39 is 5.60 Å². The molecule has 0 amide bonds. The van der Waals surface area contributed by atoms with E-state index in [0.29, 0.717) is 5.69 Å². The maximum absolute atomic E-state index is 10.5. The molecule has 1 atom stereocenters. The average molecular weight is 360 g/mol. The third-order valence-corrected chi connectivity index (χ3v) is 4.82. The number of thiazole rings is 1. The van der Waals surface area contributed by atoms with Crippen LogP contribution < -0.4 is 0 Å².